The number of ether oxygens (including phenoxy) is 1. The lowest BCUT2D eigenvalue weighted by atomic mass is 9.85. The number of hydrogen-bond donors (Lipinski definition) is 0. The summed E-state index contributed by atoms with van der Waals surface area (Å²) < 4.78 is 17.9. The number of fused-ring (bicyclic) bond motifs is 5. The van der Waals surface area contributed by atoms with Crippen LogP contribution in [0.4, 0.5) is 4.39 Å². The van der Waals surface area contributed by atoms with E-state index in [1.165, 1.54) is 19.1 Å². The largest absolute Gasteiger partial charge is 0.456 e. The molecule has 1 aliphatic heterocycles. The second-order valence-electron chi connectivity index (χ2n) is 7.26. The van der Waals surface area contributed by atoms with Gasteiger partial charge < -0.3 is 4.74 Å². The number of hydrogen-bond acceptors (Lipinski definition) is 5. The highest BCUT2D eigenvalue weighted by atomic mass is 19.1. The van der Waals surface area contributed by atoms with E-state index in [-0.39, 0.29) is 41.0 Å². The van der Waals surface area contributed by atoms with E-state index in [0.29, 0.717) is 0 Å². The Morgan fingerprint density at radius 2 is 1.67 bits per heavy atom. The van der Waals surface area contributed by atoms with E-state index < -0.39 is 30.2 Å². The van der Waals surface area contributed by atoms with Crippen molar-refractivity contribution in [2.45, 2.75) is 19.4 Å². The van der Waals surface area contributed by atoms with Gasteiger partial charge in [-0.15, -0.1) is 0 Å². The first kappa shape index (κ1) is 17.6. The molecule has 0 N–H and O–H groups in total. The second-order valence-corrected chi connectivity index (χ2v) is 7.26. The van der Waals surface area contributed by atoms with Crippen molar-refractivity contribution < 1.29 is 28.3 Å². The number of rotatable bonds is 5. The molecule has 2 amide bonds. The lowest BCUT2D eigenvalue weighted by Gasteiger charge is -2.23. The van der Waals surface area contributed by atoms with Gasteiger partial charge in [0.05, 0.1) is 11.8 Å². The van der Waals surface area contributed by atoms with Gasteiger partial charge in [0.1, 0.15) is 11.9 Å². The van der Waals surface area contributed by atoms with Crippen LogP contribution in [0.25, 0.3) is 0 Å². The molecule has 0 aromatic heterocycles. The minimum Gasteiger partial charge on any atom is -0.456 e. The Bertz CT molecular complexity index is 832. The van der Waals surface area contributed by atoms with Crippen LogP contribution in [-0.2, 0) is 19.1 Å². The third kappa shape index (κ3) is 2.78. The molecule has 2 aliphatic carbocycles. The maximum absolute atomic E-state index is 12.9. The molecule has 7 heteroatoms. The number of amides is 2. The summed E-state index contributed by atoms with van der Waals surface area (Å²) in [6.45, 7) is 0.890. The Labute approximate surface area is 155 Å². The molecule has 1 heterocycles. The molecular weight excluding hydrogens is 353 g/mol. The minimum atomic E-state index is -1.09. The molecular formula is C20H18FNO5. The Balaban J connectivity index is 1.39. The number of Topliss-reactive ketones (excluding diaryl/α,β-unsaturated/α-hetero) is 1. The SMILES string of the molecule is C[C@@H](C(=O)OCC(=O)c1ccc(F)cc1)N1C(=O)[C@@H]2[C@H](C1=O)[C@H]1C=C[C@H]2C1. The van der Waals surface area contributed by atoms with Crippen LogP contribution in [-0.4, -0.2) is 41.1 Å². The number of likely N-dealkylation sites (tertiary alicyclic amines) is 1. The highest BCUT2D eigenvalue weighted by molar-refractivity contribution is 6.09. The van der Waals surface area contributed by atoms with E-state index >= 15 is 0 Å². The Morgan fingerprint density at radius 1 is 1.11 bits per heavy atom. The summed E-state index contributed by atoms with van der Waals surface area (Å²) in [4.78, 5) is 50.7. The Hall–Kier alpha value is -2.83. The van der Waals surface area contributed by atoms with Gasteiger partial charge in [-0.3, -0.25) is 19.3 Å². The predicted molar refractivity (Wildman–Crippen MR) is 90.7 cm³/mol. The van der Waals surface area contributed by atoms with Gasteiger partial charge in [0, 0.05) is 5.56 Å². The summed E-state index contributed by atoms with van der Waals surface area (Å²) in [6.07, 6.45) is 4.77. The molecule has 5 atom stereocenters. The highest BCUT2D eigenvalue weighted by Gasteiger charge is 2.60. The first-order valence-electron chi connectivity index (χ1n) is 8.89. The van der Waals surface area contributed by atoms with E-state index in [1.54, 1.807) is 0 Å². The molecule has 3 aliphatic rings. The van der Waals surface area contributed by atoms with Crippen LogP contribution >= 0.6 is 0 Å². The van der Waals surface area contributed by atoms with Crippen LogP contribution in [0.5, 0.6) is 0 Å². The molecule has 6 nitrogen and oxygen atoms in total. The summed E-state index contributed by atoms with van der Waals surface area (Å²) >= 11 is 0. The number of esters is 1. The van der Waals surface area contributed by atoms with Crippen LogP contribution in [0, 0.1) is 29.5 Å². The van der Waals surface area contributed by atoms with Crippen LogP contribution in [0.1, 0.15) is 23.7 Å². The third-order valence-corrected chi connectivity index (χ3v) is 5.74. The van der Waals surface area contributed by atoms with E-state index in [0.717, 1.165) is 23.5 Å². The second kappa shape index (κ2) is 6.40. The van der Waals surface area contributed by atoms with Crippen molar-refractivity contribution in [1.29, 1.82) is 0 Å². The summed E-state index contributed by atoms with van der Waals surface area (Å²) in [6, 6.07) is 3.79. The van der Waals surface area contributed by atoms with Gasteiger partial charge in [-0.25, -0.2) is 9.18 Å². The van der Waals surface area contributed by atoms with Gasteiger partial charge in [0.25, 0.3) is 0 Å². The summed E-state index contributed by atoms with van der Waals surface area (Å²) in [5.41, 5.74) is 0.211. The average Bonchev–Trinajstić information content (AvgIpc) is 3.33. The fourth-order valence-electron chi connectivity index (χ4n) is 4.39. The van der Waals surface area contributed by atoms with Crippen LogP contribution in [0.2, 0.25) is 0 Å². The van der Waals surface area contributed by atoms with Gasteiger partial charge in [-0.2, -0.15) is 0 Å². The van der Waals surface area contributed by atoms with E-state index in [9.17, 15) is 23.6 Å². The van der Waals surface area contributed by atoms with Crippen molar-refractivity contribution in [3.05, 3.63) is 47.8 Å². The van der Waals surface area contributed by atoms with Crippen molar-refractivity contribution in [3.63, 3.8) is 0 Å². The summed E-state index contributed by atoms with van der Waals surface area (Å²) in [5, 5.41) is 0. The molecule has 1 saturated carbocycles. The van der Waals surface area contributed by atoms with Crippen molar-refractivity contribution in [2.75, 3.05) is 6.61 Å². The molecule has 1 saturated heterocycles. The zero-order valence-electron chi connectivity index (χ0n) is 14.6. The molecule has 27 heavy (non-hydrogen) atoms. The molecule has 2 bridgehead atoms. The number of carbonyl (C=O) groups is 4. The number of nitrogens with zero attached hydrogens (tertiary/aromatic N) is 1. The first-order valence-corrected chi connectivity index (χ1v) is 8.89. The Kier molecular flexibility index (Phi) is 4.17. The number of benzene rings is 1. The van der Waals surface area contributed by atoms with Crippen molar-refractivity contribution in [2.24, 2.45) is 23.7 Å². The molecule has 1 aromatic carbocycles. The van der Waals surface area contributed by atoms with Crippen LogP contribution in [0.15, 0.2) is 36.4 Å². The van der Waals surface area contributed by atoms with Crippen molar-refractivity contribution in [3.8, 4) is 0 Å². The molecule has 0 unspecified atom stereocenters. The Morgan fingerprint density at radius 3 is 2.22 bits per heavy atom. The van der Waals surface area contributed by atoms with Crippen molar-refractivity contribution in [1.82, 2.24) is 4.90 Å². The molecule has 1 aromatic rings. The topological polar surface area (TPSA) is 80.8 Å². The third-order valence-electron chi connectivity index (χ3n) is 5.74. The number of halogens is 1. The predicted octanol–water partition coefficient (Wildman–Crippen LogP) is 1.75. The minimum absolute atomic E-state index is 0.0599. The lowest BCUT2D eigenvalue weighted by molar-refractivity contribution is -0.157. The normalized spacial score (nSPS) is 29.2. The first-order chi connectivity index (χ1) is 12.9. The molecule has 2 fully saturated rings. The smallest absolute Gasteiger partial charge is 0.329 e. The number of ketones is 1. The van der Waals surface area contributed by atoms with Gasteiger partial charge in [0.2, 0.25) is 11.8 Å². The number of imide groups is 1. The molecule has 0 radical (unpaired) electrons. The summed E-state index contributed by atoms with van der Waals surface area (Å²) in [7, 11) is 0. The van der Waals surface area contributed by atoms with Gasteiger partial charge in [0.15, 0.2) is 12.4 Å². The monoisotopic (exact) mass is 371 g/mol. The maximum Gasteiger partial charge on any atom is 0.329 e. The van der Waals surface area contributed by atoms with Gasteiger partial charge >= 0.3 is 5.97 Å². The summed E-state index contributed by atoms with van der Waals surface area (Å²) in [5.74, 6) is -3.10. The zero-order valence-corrected chi connectivity index (χ0v) is 14.6. The van der Waals surface area contributed by atoms with E-state index in [2.05, 4.69) is 0 Å². The zero-order chi connectivity index (χ0) is 19.3. The molecule has 140 valence electrons. The van der Waals surface area contributed by atoms with Crippen LogP contribution < -0.4 is 0 Å². The average molecular weight is 371 g/mol. The number of allylic oxidation sites excluding steroid dienone is 2. The van der Waals surface area contributed by atoms with Crippen LogP contribution in [0.3, 0.4) is 0 Å². The standard InChI is InChI=1S/C20H18FNO5/c1-10(20(26)27-9-15(23)11-4-6-14(21)7-5-11)22-18(24)16-12-2-3-13(8-12)17(16)19(22)25/h2-7,10,12-13,16-17H,8-9H2,1H3/t10-,12-,13-,16-,17+/m0/s1. The van der Waals surface area contributed by atoms with Gasteiger partial charge in [-0.1, -0.05) is 12.2 Å². The molecule has 0 spiro atoms. The fraction of sp³-hybridized carbons (Fsp3) is 0.400. The van der Waals surface area contributed by atoms with Gasteiger partial charge in [-0.05, 0) is 49.4 Å². The van der Waals surface area contributed by atoms with E-state index in [1.807, 2.05) is 12.2 Å². The van der Waals surface area contributed by atoms with Crippen molar-refractivity contribution >= 4 is 23.6 Å². The number of carbonyl (C=O) groups excluding carboxylic acids is 4. The fourth-order valence-corrected chi connectivity index (χ4v) is 4.39. The quantitative estimate of drug-likeness (QED) is 0.341. The molecule has 4 rings (SSSR count). The maximum atomic E-state index is 12.9. The lowest BCUT2D eigenvalue weighted by Crippen LogP contribution is -2.45. The highest BCUT2D eigenvalue weighted by Crippen LogP contribution is 2.52. The van der Waals surface area contributed by atoms with E-state index in [4.69, 9.17) is 4.74 Å².